The van der Waals surface area contributed by atoms with Gasteiger partial charge in [0.1, 0.15) is 11.5 Å². The molecular weight excluding hydrogens is 423 g/mol. The average molecular weight is 441 g/mol. The lowest BCUT2D eigenvalue weighted by molar-refractivity contribution is 0.102. The maximum Gasteiger partial charge on any atom is 0.177 e. The minimum Gasteiger partial charge on any atom is -0.495 e. The third kappa shape index (κ3) is 3.42. The number of hydrogen-bond acceptors (Lipinski definition) is 3. The Morgan fingerprint density at radius 2 is 1.79 bits per heavy atom. The van der Waals surface area contributed by atoms with E-state index in [0.29, 0.717) is 11.3 Å². The smallest absolute Gasteiger partial charge is 0.177 e. The van der Waals surface area contributed by atoms with Crippen LogP contribution < -0.4 is 9.47 Å². The molecule has 0 spiro atoms. The van der Waals surface area contributed by atoms with Crippen molar-refractivity contribution < 1.29 is 14.3 Å². The van der Waals surface area contributed by atoms with Gasteiger partial charge in [-0.15, -0.1) is 0 Å². The fourth-order valence-corrected chi connectivity index (χ4v) is 3.17. The maximum absolute atomic E-state index is 12.1. The van der Waals surface area contributed by atoms with Gasteiger partial charge < -0.3 is 9.47 Å². The molecule has 0 heterocycles. The van der Waals surface area contributed by atoms with Crippen LogP contribution in [-0.4, -0.2) is 25.3 Å². The zero-order valence-electron chi connectivity index (χ0n) is 11.8. The van der Waals surface area contributed by atoms with Gasteiger partial charge in [0.25, 0.3) is 0 Å². The Kier molecular flexibility index (Phi) is 5.67. The quantitative estimate of drug-likeness (QED) is 0.400. The Morgan fingerprint density at radius 1 is 1.26 bits per heavy atom. The van der Waals surface area contributed by atoms with Gasteiger partial charge in [-0.1, -0.05) is 36.7 Å². The first-order valence-electron chi connectivity index (χ1n) is 5.82. The molecule has 0 bridgehead atoms. The highest BCUT2D eigenvalue weighted by atomic mass is 127. The highest BCUT2D eigenvalue weighted by Crippen LogP contribution is 2.42. The minimum absolute atomic E-state index is 0.00270. The first-order chi connectivity index (χ1) is 8.77. The summed E-state index contributed by atoms with van der Waals surface area (Å²) in [5.41, 5.74) is 1.48. The third-order valence-electron chi connectivity index (χ3n) is 2.81. The second-order valence-electron chi connectivity index (χ2n) is 5.16. The standard InChI is InChI=1S/C14H18BrIO3/c1-14(2,3)9-6-8(10(17)7-15)12(18-4)11(16)13(9)19-5/h6H,7H2,1-5H3. The monoisotopic (exact) mass is 440 g/mol. The van der Waals surface area contributed by atoms with Gasteiger partial charge in [-0.3, -0.25) is 4.79 Å². The maximum atomic E-state index is 12.1. The number of benzene rings is 1. The zero-order chi connectivity index (χ0) is 14.8. The van der Waals surface area contributed by atoms with E-state index in [9.17, 15) is 4.79 Å². The Labute approximate surface area is 136 Å². The SMILES string of the molecule is COc1c(C(=O)CBr)cc(C(C)(C)C)c(OC)c1I. The number of carbonyl (C=O) groups is 1. The summed E-state index contributed by atoms with van der Waals surface area (Å²) in [4.78, 5) is 12.1. The molecule has 106 valence electrons. The molecule has 0 aliphatic heterocycles. The predicted molar refractivity (Wildman–Crippen MR) is 89.1 cm³/mol. The number of halogens is 2. The number of alkyl halides is 1. The van der Waals surface area contributed by atoms with Gasteiger partial charge in [0.15, 0.2) is 5.78 Å². The van der Waals surface area contributed by atoms with Gasteiger partial charge in [-0.25, -0.2) is 0 Å². The van der Waals surface area contributed by atoms with E-state index in [1.54, 1.807) is 14.2 Å². The second-order valence-corrected chi connectivity index (χ2v) is 6.80. The van der Waals surface area contributed by atoms with Crippen molar-refractivity contribution in [3.8, 4) is 11.5 Å². The fraction of sp³-hybridized carbons (Fsp3) is 0.500. The van der Waals surface area contributed by atoms with Crippen LogP contribution in [0.4, 0.5) is 0 Å². The van der Waals surface area contributed by atoms with Crippen molar-refractivity contribution in [2.75, 3.05) is 19.5 Å². The van der Waals surface area contributed by atoms with Gasteiger partial charge in [0, 0.05) is 5.56 Å². The first kappa shape index (κ1) is 16.8. The van der Waals surface area contributed by atoms with Crippen molar-refractivity contribution >= 4 is 44.3 Å². The Hall–Kier alpha value is -0.300. The lowest BCUT2D eigenvalue weighted by Crippen LogP contribution is -2.16. The number of ether oxygens (including phenoxy) is 2. The molecule has 1 aromatic rings. The molecule has 19 heavy (non-hydrogen) atoms. The zero-order valence-corrected chi connectivity index (χ0v) is 15.5. The van der Waals surface area contributed by atoms with Crippen LogP contribution in [0.1, 0.15) is 36.7 Å². The van der Waals surface area contributed by atoms with Gasteiger partial charge in [0.05, 0.1) is 28.7 Å². The highest BCUT2D eigenvalue weighted by molar-refractivity contribution is 14.1. The van der Waals surface area contributed by atoms with Crippen molar-refractivity contribution in [2.24, 2.45) is 0 Å². The molecule has 0 N–H and O–H groups in total. The molecule has 0 saturated carbocycles. The molecule has 5 heteroatoms. The van der Waals surface area contributed by atoms with E-state index in [-0.39, 0.29) is 16.5 Å². The third-order valence-corrected chi connectivity index (χ3v) is 4.30. The molecule has 3 nitrogen and oxygen atoms in total. The van der Waals surface area contributed by atoms with Crippen LogP contribution in [0.25, 0.3) is 0 Å². The van der Waals surface area contributed by atoms with Crippen LogP contribution >= 0.6 is 38.5 Å². The molecule has 0 saturated heterocycles. The normalized spacial score (nSPS) is 11.3. The Bertz CT molecular complexity index is 492. The topological polar surface area (TPSA) is 35.5 Å². The lowest BCUT2D eigenvalue weighted by atomic mass is 9.84. The predicted octanol–water partition coefficient (Wildman–Crippen LogP) is 4.18. The molecule has 1 aromatic carbocycles. The second kappa shape index (κ2) is 6.43. The van der Waals surface area contributed by atoms with Crippen LogP contribution in [0.5, 0.6) is 11.5 Å². The molecule has 0 radical (unpaired) electrons. The minimum atomic E-state index is -0.112. The molecule has 0 unspecified atom stereocenters. The number of carbonyl (C=O) groups excluding carboxylic acids is 1. The van der Waals surface area contributed by atoms with Crippen LogP contribution in [-0.2, 0) is 5.41 Å². The van der Waals surface area contributed by atoms with Crippen LogP contribution in [0, 0.1) is 3.57 Å². The Morgan fingerprint density at radius 3 is 2.16 bits per heavy atom. The average Bonchev–Trinajstić information content (AvgIpc) is 2.35. The van der Waals surface area contributed by atoms with Crippen LogP contribution in [0.15, 0.2) is 6.07 Å². The highest BCUT2D eigenvalue weighted by Gasteiger charge is 2.27. The number of Topliss-reactive ketones (excluding diaryl/α,β-unsaturated/α-hetero) is 1. The molecule has 0 fully saturated rings. The van der Waals surface area contributed by atoms with Gasteiger partial charge in [-0.2, -0.15) is 0 Å². The van der Waals surface area contributed by atoms with Crippen molar-refractivity contribution in [1.82, 2.24) is 0 Å². The Balaban J connectivity index is 3.67. The van der Waals surface area contributed by atoms with Crippen molar-refractivity contribution in [2.45, 2.75) is 26.2 Å². The number of hydrogen-bond donors (Lipinski definition) is 0. The molecule has 0 aliphatic carbocycles. The summed E-state index contributed by atoms with van der Waals surface area (Å²) in [6.07, 6.45) is 0. The first-order valence-corrected chi connectivity index (χ1v) is 8.02. The van der Waals surface area contributed by atoms with E-state index in [0.717, 1.165) is 14.9 Å². The van der Waals surface area contributed by atoms with Crippen molar-refractivity contribution in [1.29, 1.82) is 0 Å². The van der Waals surface area contributed by atoms with Gasteiger partial charge in [0.2, 0.25) is 0 Å². The summed E-state index contributed by atoms with van der Waals surface area (Å²) in [7, 11) is 3.21. The number of methoxy groups -OCH3 is 2. The van der Waals surface area contributed by atoms with Crippen LogP contribution in [0.2, 0.25) is 0 Å². The summed E-state index contributed by atoms with van der Waals surface area (Å²) in [5.74, 6) is 1.36. The summed E-state index contributed by atoms with van der Waals surface area (Å²) in [5, 5.41) is 0.273. The molecule has 0 aromatic heterocycles. The van der Waals surface area contributed by atoms with E-state index in [1.165, 1.54) is 0 Å². The fourth-order valence-electron chi connectivity index (χ4n) is 1.85. The lowest BCUT2D eigenvalue weighted by Gasteiger charge is -2.25. The summed E-state index contributed by atoms with van der Waals surface area (Å²) in [6, 6.07) is 1.88. The van der Waals surface area contributed by atoms with Crippen molar-refractivity contribution in [3.63, 3.8) is 0 Å². The number of ketones is 1. The summed E-state index contributed by atoms with van der Waals surface area (Å²) in [6.45, 7) is 6.28. The molecule has 0 aliphatic rings. The molecule has 0 atom stereocenters. The molecule has 1 rings (SSSR count). The van der Waals surface area contributed by atoms with E-state index >= 15 is 0 Å². The van der Waals surface area contributed by atoms with Gasteiger partial charge >= 0.3 is 0 Å². The van der Waals surface area contributed by atoms with E-state index in [1.807, 2.05) is 6.07 Å². The molecular formula is C14H18BrIO3. The van der Waals surface area contributed by atoms with Crippen LogP contribution in [0.3, 0.4) is 0 Å². The molecule has 0 amide bonds. The number of rotatable bonds is 4. The summed E-state index contributed by atoms with van der Waals surface area (Å²) < 4.78 is 11.7. The van der Waals surface area contributed by atoms with E-state index in [4.69, 9.17) is 9.47 Å². The van der Waals surface area contributed by atoms with E-state index in [2.05, 4.69) is 59.3 Å². The van der Waals surface area contributed by atoms with Gasteiger partial charge in [-0.05, 0) is 34.1 Å². The van der Waals surface area contributed by atoms with E-state index < -0.39 is 0 Å². The largest absolute Gasteiger partial charge is 0.495 e. The van der Waals surface area contributed by atoms with Crippen molar-refractivity contribution in [3.05, 3.63) is 20.8 Å². The summed E-state index contributed by atoms with van der Waals surface area (Å²) >= 11 is 5.38.